The summed E-state index contributed by atoms with van der Waals surface area (Å²) in [7, 11) is 0. The van der Waals surface area contributed by atoms with Gasteiger partial charge in [-0.2, -0.15) is 0 Å². The number of rotatable bonds is 1. The normalized spacial score (nSPS) is 19.8. The van der Waals surface area contributed by atoms with Crippen LogP contribution in [0.5, 0.6) is 0 Å². The van der Waals surface area contributed by atoms with Gasteiger partial charge in [0.2, 0.25) is 0 Å². The predicted octanol–water partition coefficient (Wildman–Crippen LogP) is 2.69. The van der Waals surface area contributed by atoms with E-state index in [4.69, 9.17) is 4.74 Å². The standard InChI is InChI=1S/C13H15NO2S/c1-7(2)11-5-10-9(6-16-11)8-3-4-17-12(8)13(15)14-10/h3-4,7,11H,5-6H2,1-2H3,(H,14,15). The van der Waals surface area contributed by atoms with E-state index in [0.717, 1.165) is 27.8 Å². The van der Waals surface area contributed by atoms with Crippen LogP contribution in [-0.4, -0.2) is 11.1 Å². The van der Waals surface area contributed by atoms with Crippen molar-refractivity contribution in [2.24, 2.45) is 5.92 Å². The number of H-pyrrole nitrogens is 1. The summed E-state index contributed by atoms with van der Waals surface area (Å²) in [6.45, 7) is 4.91. The molecule has 3 nitrogen and oxygen atoms in total. The molecule has 0 fully saturated rings. The van der Waals surface area contributed by atoms with E-state index in [9.17, 15) is 4.79 Å². The molecule has 0 bridgehead atoms. The Labute approximate surface area is 103 Å². The number of nitrogens with one attached hydrogen (secondary N) is 1. The van der Waals surface area contributed by atoms with Crippen LogP contribution in [0.4, 0.5) is 0 Å². The van der Waals surface area contributed by atoms with Crippen LogP contribution in [-0.2, 0) is 17.8 Å². The Morgan fingerprint density at radius 3 is 3.12 bits per heavy atom. The second-order valence-corrected chi connectivity index (χ2v) is 5.79. The second-order valence-electron chi connectivity index (χ2n) is 4.87. The fraction of sp³-hybridized carbons (Fsp3) is 0.462. The monoisotopic (exact) mass is 249 g/mol. The summed E-state index contributed by atoms with van der Waals surface area (Å²) in [4.78, 5) is 14.9. The lowest BCUT2D eigenvalue weighted by atomic mass is 9.96. The third-order valence-electron chi connectivity index (χ3n) is 3.42. The molecular formula is C13H15NO2S. The van der Waals surface area contributed by atoms with E-state index in [0.29, 0.717) is 12.5 Å². The maximum atomic E-state index is 11.9. The summed E-state index contributed by atoms with van der Waals surface area (Å²) in [5, 5.41) is 3.03. The highest BCUT2D eigenvalue weighted by molar-refractivity contribution is 7.17. The first-order valence-corrected chi connectivity index (χ1v) is 6.77. The van der Waals surface area contributed by atoms with Crippen LogP contribution in [0, 0.1) is 5.92 Å². The van der Waals surface area contributed by atoms with Crippen molar-refractivity contribution in [3.63, 3.8) is 0 Å². The van der Waals surface area contributed by atoms with Crippen LogP contribution >= 0.6 is 11.3 Å². The fourth-order valence-corrected chi connectivity index (χ4v) is 3.19. The van der Waals surface area contributed by atoms with Gasteiger partial charge in [-0.15, -0.1) is 11.3 Å². The molecule has 0 saturated heterocycles. The van der Waals surface area contributed by atoms with Gasteiger partial charge in [0.15, 0.2) is 0 Å². The Hall–Kier alpha value is -1.13. The molecule has 1 aliphatic rings. The van der Waals surface area contributed by atoms with E-state index in [1.807, 2.05) is 11.4 Å². The Bertz CT molecular complexity index is 611. The highest BCUT2D eigenvalue weighted by Crippen LogP contribution is 2.29. The predicted molar refractivity (Wildman–Crippen MR) is 69.6 cm³/mol. The molecule has 0 aromatic carbocycles. The van der Waals surface area contributed by atoms with Gasteiger partial charge >= 0.3 is 0 Å². The van der Waals surface area contributed by atoms with Crippen molar-refractivity contribution in [3.8, 4) is 0 Å². The maximum Gasteiger partial charge on any atom is 0.266 e. The number of aromatic nitrogens is 1. The third-order valence-corrected chi connectivity index (χ3v) is 4.33. The van der Waals surface area contributed by atoms with Crippen molar-refractivity contribution >= 4 is 21.4 Å². The van der Waals surface area contributed by atoms with Gasteiger partial charge in [0.1, 0.15) is 0 Å². The average Bonchev–Trinajstić information content (AvgIpc) is 2.78. The number of thiophene rings is 1. The van der Waals surface area contributed by atoms with Crippen LogP contribution in [0.1, 0.15) is 25.1 Å². The van der Waals surface area contributed by atoms with Crippen molar-refractivity contribution in [1.29, 1.82) is 0 Å². The van der Waals surface area contributed by atoms with Crippen LogP contribution in [0.3, 0.4) is 0 Å². The lowest BCUT2D eigenvalue weighted by Crippen LogP contribution is -2.29. The molecule has 3 rings (SSSR count). The minimum absolute atomic E-state index is 0.0400. The quantitative estimate of drug-likeness (QED) is 0.844. The van der Waals surface area contributed by atoms with Gasteiger partial charge in [-0.25, -0.2) is 0 Å². The highest BCUT2D eigenvalue weighted by atomic mass is 32.1. The Morgan fingerprint density at radius 1 is 1.53 bits per heavy atom. The van der Waals surface area contributed by atoms with Gasteiger partial charge in [0.25, 0.3) is 5.56 Å². The topological polar surface area (TPSA) is 42.1 Å². The van der Waals surface area contributed by atoms with Crippen molar-refractivity contribution < 1.29 is 4.74 Å². The number of hydrogen-bond acceptors (Lipinski definition) is 3. The highest BCUT2D eigenvalue weighted by Gasteiger charge is 2.24. The van der Waals surface area contributed by atoms with Crippen LogP contribution < -0.4 is 5.56 Å². The molecular weight excluding hydrogens is 234 g/mol. The van der Waals surface area contributed by atoms with Crippen molar-refractivity contribution in [1.82, 2.24) is 4.98 Å². The SMILES string of the molecule is CC(C)C1Cc2[nH]c(=O)c3sccc3c2CO1. The Kier molecular flexibility index (Phi) is 2.56. The number of aromatic amines is 1. The summed E-state index contributed by atoms with van der Waals surface area (Å²) >= 11 is 1.49. The Balaban J connectivity index is 2.15. The lowest BCUT2D eigenvalue weighted by Gasteiger charge is -2.28. The minimum atomic E-state index is 0.0400. The van der Waals surface area contributed by atoms with Crippen molar-refractivity contribution in [2.75, 3.05) is 0 Å². The number of hydrogen-bond donors (Lipinski definition) is 1. The molecule has 4 heteroatoms. The summed E-state index contributed by atoms with van der Waals surface area (Å²) in [6, 6.07) is 2.02. The van der Waals surface area contributed by atoms with Gasteiger partial charge in [-0.05, 0) is 17.4 Å². The zero-order valence-corrected chi connectivity index (χ0v) is 10.8. The third kappa shape index (κ3) is 1.72. The average molecular weight is 249 g/mol. The van der Waals surface area contributed by atoms with Crippen LogP contribution in [0.2, 0.25) is 0 Å². The molecule has 0 aliphatic carbocycles. The summed E-state index contributed by atoms with van der Waals surface area (Å²) in [5.41, 5.74) is 2.27. The van der Waals surface area contributed by atoms with Crippen molar-refractivity contribution in [3.05, 3.63) is 33.1 Å². The van der Waals surface area contributed by atoms with E-state index in [1.54, 1.807) is 0 Å². The van der Waals surface area contributed by atoms with Gasteiger partial charge in [-0.3, -0.25) is 4.79 Å². The molecule has 1 unspecified atom stereocenters. The zero-order valence-electron chi connectivity index (χ0n) is 9.95. The van der Waals surface area contributed by atoms with Crippen LogP contribution in [0.25, 0.3) is 10.1 Å². The molecule has 0 radical (unpaired) electrons. The maximum absolute atomic E-state index is 11.9. The first kappa shape index (κ1) is 11.0. The second kappa shape index (κ2) is 3.96. The van der Waals surface area contributed by atoms with E-state index in [1.165, 1.54) is 11.3 Å². The number of pyridine rings is 1. The minimum Gasteiger partial charge on any atom is -0.373 e. The van der Waals surface area contributed by atoms with Crippen molar-refractivity contribution in [2.45, 2.75) is 33.0 Å². The molecule has 1 aliphatic heterocycles. The first-order chi connectivity index (χ1) is 8.16. The molecule has 2 aromatic heterocycles. The first-order valence-electron chi connectivity index (χ1n) is 5.89. The summed E-state index contributed by atoms with van der Waals surface area (Å²) in [5.74, 6) is 0.477. The summed E-state index contributed by atoms with van der Waals surface area (Å²) in [6.07, 6.45) is 1.03. The van der Waals surface area contributed by atoms with Gasteiger partial charge < -0.3 is 9.72 Å². The smallest absolute Gasteiger partial charge is 0.266 e. The lowest BCUT2D eigenvalue weighted by molar-refractivity contribution is -0.000810. The van der Waals surface area contributed by atoms with E-state index >= 15 is 0 Å². The molecule has 1 N–H and O–H groups in total. The zero-order chi connectivity index (χ0) is 12.0. The molecule has 1 atom stereocenters. The van der Waals surface area contributed by atoms with E-state index in [-0.39, 0.29) is 11.7 Å². The van der Waals surface area contributed by atoms with E-state index in [2.05, 4.69) is 18.8 Å². The molecule has 3 heterocycles. The molecule has 90 valence electrons. The fourth-order valence-electron chi connectivity index (χ4n) is 2.37. The Morgan fingerprint density at radius 2 is 2.35 bits per heavy atom. The van der Waals surface area contributed by atoms with Gasteiger partial charge in [0.05, 0.1) is 17.4 Å². The van der Waals surface area contributed by atoms with E-state index < -0.39 is 0 Å². The molecule has 0 saturated carbocycles. The molecule has 17 heavy (non-hydrogen) atoms. The molecule has 0 amide bonds. The largest absolute Gasteiger partial charge is 0.373 e. The van der Waals surface area contributed by atoms with Crippen LogP contribution in [0.15, 0.2) is 16.2 Å². The van der Waals surface area contributed by atoms with Gasteiger partial charge in [-0.1, -0.05) is 13.8 Å². The number of ether oxygens (including phenoxy) is 1. The van der Waals surface area contributed by atoms with Gasteiger partial charge in [0, 0.05) is 23.1 Å². The molecule has 2 aromatic rings. The molecule has 0 spiro atoms. The summed E-state index contributed by atoms with van der Waals surface area (Å²) < 4.78 is 6.68. The number of fused-ring (bicyclic) bond motifs is 3.